The molecule has 0 saturated carbocycles. The van der Waals surface area contributed by atoms with Crippen molar-refractivity contribution in [2.75, 3.05) is 13.5 Å². The fourth-order valence-electron chi connectivity index (χ4n) is 4.51. The Kier molecular flexibility index (Phi) is 4.40. The second-order valence-corrected chi connectivity index (χ2v) is 8.12. The predicted molar refractivity (Wildman–Crippen MR) is 120 cm³/mol. The fourth-order valence-corrected chi connectivity index (χ4v) is 4.51. The maximum absolute atomic E-state index is 13.0. The van der Waals surface area contributed by atoms with E-state index in [4.69, 9.17) is 18.6 Å². The molecule has 0 bridgehead atoms. The van der Waals surface area contributed by atoms with Gasteiger partial charge in [0.2, 0.25) is 6.79 Å². The summed E-state index contributed by atoms with van der Waals surface area (Å²) >= 11 is 0. The van der Waals surface area contributed by atoms with Crippen LogP contribution in [0.4, 0.5) is 0 Å². The van der Waals surface area contributed by atoms with E-state index in [9.17, 15) is 4.79 Å². The molecule has 6 rings (SSSR count). The SMILES string of the molecule is Cc1c(-c2ccccc2)c(=O)oc2c3c(ccc12)OCN(Cc1ccc2c(c1)OCO2)C3. The van der Waals surface area contributed by atoms with E-state index in [0.717, 1.165) is 44.9 Å². The Labute approximate surface area is 184 Å². The Morgan fingerprint density at radius 1 is 0.906 bits per heavy atom. The Hall–Kier alpha value is -3.77. The quantitative estimate of drug-likeness (QED) is 0.436. The van der Waals surface area contributed by atoms with Crippen LogP contribution < -0.4 is 19.8 Å². The Morgan fingerprint density at radius 2 is 1.72 bits per heavy atom. The van der Waals surface area contributed by atoms with Gasteiger partial charge in [-0.15, -0.1) is 0 Å². The van der Waals surface area contributed by atoms with Crippen LogP contribution in [0.5, 0.6) is 17.2 Å². The molecule has 3 heterocycles. The molecule has 0 radical (unpaired) electrons. The van der Waals surface area contributed by atoms with Crippen LogP contribution in [0.15, 0.2) is 69.9 Å². The van der Waals surface area contributed by atoms with Crippen molar-refractivity contribution in [3.8, 4) is 28.4 Å². The number of benzene rings is 3. The van der Waals surface area contributed by atoms with Gasteiger partial charge in [-0.25, -0.2) is 4.79 Å². The first-order valence-electron chi connectivity index (χ1n) is 10.6. The monoisotopic (exact) mass is 427 g/mol. The average molecular weight is 427 g/mol. The summed E-state index contributed by atoms with van der Waals surface area (Å²) in [6.07, 6.45) is 0. The van der Waals surface area contributed by atoms with Gasteiger partial charge in [0.05, 0.1) is 11.1 Å². The summed E-state index contributed by atoms with van der Waals surface area (Å²) in [4.78, 5) is 15.1. The maximum atomic E-state index is 13.0. The molecule has 3 aromatic carbocycles. The van der Waals surface area contributed by atoms with Gasteiger partial charge in [0.1, 0.15) is 18.1 Å². The molecule has 0 saturated heterocycles. The third-order valence-corrected chi connectivity index (χ3v) is 6.09. The van der Waals surface area contributed by atoms with Crippen LogP contribution in [0.3, 0.4) is 0 Å². The molecule has 4 aromatic rings. The maximum Gasteiger partial charge on any atom is 0.344 e. The Bertz CT molecular complexity index is 1390. The summed E-state index contributed by atoms with van der Waals surface area (Å²) in [5.74, 6) is 2.29. The molecule has 2 aliphatic heterocycles. The van der Waals surface area contributed by atoms with Gasteiger partial charge in [0, 0.05) is 18.5 Å². The van der Waals surface area contributed by atoms with Crippen LogP contribution in [-0.2, 0) is 13.1 Å². The van der Waals surface area contributed by atoms with Gasteiger partial charge < -0.3 is 18.6 Å². The Balaban J connectivity index is 1.37. The van der Waals surface area contributed by atoms with Crippen LogP contribution in [0, 0.1) is 6.92 Å². The van der Waals surface area contributed by atoms with Crippen molar-refractivity contribution in [3.05, 3.63) is 87.8 Å². The standard InChI is InChI=1S/C26H21NO5/c1-16-19-8-10-21-20(25(19)32-26(28)24(16)18-5-3-2-4-6-18)13-27(14-29-21)12-17-7-9-22-23(11-17)31-15-30-22/h2-11H,12-15H2,1H3. The van der Waals surface area contributed by atoms with Gasteiger partial charge in [0.25, 0.3) is 0 Å². The summed E-state index contributed by atoms with van der Waals surface area (Å²) in [5.41, 5.74) is 4.64. The van der Waals surface area contributed by atoms with E-state index in [0.29, 0.717) is 31.0 Å². The van der Waals surface area contributed by atoms with Gasteiger partial charge in [-0.3, -0.25) is 4.90 Å². The molecular weight excluding hydrogens is 406 g/mol. The molecule has 1 aromatic heterocycles. The minimum atomic E-state index is -0.331. The third-order valence-electron chi connectivity index (χ3n) is 6.09. The lowest BCUT2D eigenvalue weighted by Crippen LogP contribution is -2.31. The highest BCUT2D eigenvalue weighted by atomic mass is 16.7. The zero-order valence-corrected chi connectivity index (χ0v) is 17.6. The molecule has 32 heavy (non-hydrogen) atoms. The minimum absolute atomic E-state index is 0.258. The highest BCUT2D eigenvalue weighted by Crippen LogP contribution is 2.37. The molecule has 0 N–H and O–H groups in total. The van der Waals surface area contributed by atoms with E-state index in [1.54, 1.807) is 0 Å². The van der Waals surface area contributed by atoms with E-state index in [2.05, 4.69) is 4.90 Å². The molecule has 0 fully saturated rings. The number of ether oxygens (including phenoxy) is 3. The van der Waals surface area contributed by atoms with Crippen LogP contribution >= 0.6 is 0 Å². The van der Waals surface area contributed by atoms with E-state index < -0.39 is 0 Å². The number of hydrogen-bond donors (Lipinski definition) is 0. The lowest BCUT2D eigenvalue weighted by Gasteiger charge is -2.29. The van der Waals surface area contributed by atoms with E-state index in [1.807, 2.05) is 67.6 Å². The van der Waals surface area contributed by atoms with Crippen molar-refractivity contribution in [2.24, 2.45) is 0 Å². The fraction of sp³-hybridized carbons (Fsp3) is 0.192. The van der Waals surface area contributed by atoms with E-state index >= 15 is 0 Å². The topological polar surface area (TPSA) is 61.1 Å². The van der Waals surface area contributed by atoms with Crippen LogP contribution in [-0.4, -0.2) is 18.4 Å². The van der Waals surface area contributed by atoms with Crippen molar-refractivity contribution in [2.45, 2.75) is 20.0 Å². The number of nitrogens with zero attached hydrogens (tertiary/aromatic N) is 1. The second kappa shape index (κ2) is 7.43. The average Bonchev–Trinajstić information content (AvgIpc) is 3.28. The van der Waals surface area contributed by atoms with Crippen LogP contribution in [0.2, 0.25) is 0 Å². The minimum Gasteiger partial charge on any atom is -0.478 e. The molecule has 0 amide bonds. The first-order valence-corrected chi connectivity index (χ1v) is 10.6. The summed E-state index contributed by atoms with van der Waals surface area (Å²) in [6, 6.07) is 19.5. The highest BCUT2D eigenvalue weighted by Gasteiger charge is 2.24. The number of aryl methyl sites for hydroxylation is 1. The first kappa shape index (κ1) is 19.0. The third kappa shape index (κ3) is 3.11. The lowest BCUT2D eigenvalue weighted by atomic mass is 9.97. The predicted octanol–water partition coefficient (Wildman–Crippen LogP) is 4.85. The van der Waals surface area contributed by atoms with Gasteiger partial charge >= 0.3 is 5.63 Å². The molecule has 160 valence electrons. The molecule has 6 nitrogen and oxygen atoms in total. The molecule has 0 aliphatic carbocycles. The zero-order chi connectivity index (χ0) is 21.7. The van der Waals surface area contributed by atoms with Crippen molar-refractivity contribution < 1.29 is 18.6 Å². The van der Waals surface area contributed by atoms with Crippen molar-refractivity contribution in [1.82, 2.24) is 4.90 Å². The van der Waals surface area contributed by atoms with Gasteiger partial charge in [-0.2, -0.15) is 0 Å². The number of fused-ring (bicyclic) bond motifs is 4. The molecular formula is C26H21NO5. The second-order valence-electron chi connectivity index (χ2n) is 8.12. The normalized spacial score (nSPS) is 14.9. The molecule has 6 heteroatoms. The summed E-state index contributed by atoms with van der Waals surface area (Å²) in [5, 5.41) is 0.927. The van der Waals surface area contributed by atoms with Crippen molar-refractivity contribution in [1.29, 1.82) is 0 Å². The lowest BCUT2D eigenvalue weighted by molar-refractivity contribution is 0.0889. The van der Waals surface area contributed by atoms with Gasteiger partial charge in [0.15, 0.2) is 11.5 Å². The molecule has 0 spiro atoms. The van der Waals surface area contributed by atoms with E-state index in [-0.39, 0.29) is 12.4 Å². The molecule has 0 atom stereocenters. The number of rotatable bonds is 3. The Morgan fingerprint density at radius 3 is 2.59 bits per heavy atom. The number of hydrogen-bond acceptors (Lipinski definition) is 6. The summed E-state index contributed by atoms with van der Waals surface area (Å²) in [6.45, 7) is 3.99. The highest BCUT2D eigenvalue weighted by molar-refractivity contribution is 5.90. The smallest absolute Gasteiger partial charge is 0.344 e. The van der Waals surface area contributed by atoms with Crippen molar-refractivity contribution in [3.63, 3.8) is 0 Å². The zero-order valence-electron chi connectivity index (χ0n) is 17.6. The van der Waals surface area contributed by atoms with Gasteiger partial charge in [-0.05, 0) is 47.9 Å². The summed E-state index contributed by atoms with van der Waals surface area (Å²) in [7, 11) is 0. The van der Waals surface area contributed by atoms with Gasteiger partial charge in [-0.1, -0.05) is 36.4 Å². The summed E-state index contributed by atoms with van der Waals surface area (Å²) < 4.78 is 22.8. The molecule has 0 unspecified atom stereocenters. The van der Waals surface area contributed by atoms with Crippen LogP contribution in [0.25, 0.3) is 22.1 Å². The largest absolute Gasteiger partial charge is 0.478 e. The van der Waals surface area contributed by atoms with Crippen LogP contribution in [0.1, 0.15) is 16.7 Å². The first-order chi connectivity index (χ1) is 15.7. The van der Waals surface area contributed by atoms with Crippen molar-refractivity contribution >= 4 is 11.0 Å². The molecule has 2 aliphatic rings. The van der Waals surface area contributed by atoms with E-state index in [1.165, 1.54) is 0 Å².